The first-order valence-electron chi connectivity index (χ1n) is 6.13. The fourth-order valence-electron chi connectivity index (χ4n) is 2.99. The summed E-state index contributed by atoms with van der Waals surface area (Å²) in [6, 6.07) is 0. The topological polar surface area (TPSA) is 30.3 Å². The molecule has 4 rings (SSSR count). The minimum absolute atomic E-state index is 0.200. The van der Waals surface area contributed by atoms with E-state index in [0.29, 0.717) is 0 Å². The number of aromatic nitrogens is 2. The van der Waals surface area contributed by atoms with Gasteiger partial charge >= 0.3 is 0 Å². The Kier molecular flexibility index (Phi) is 2.01. The van der Waals surface area contributed by atoms with Gasteiger partial charge in [0.25, 0.3) is 0 Å². The summed E-state index contributed by atoms with van der Waals surface area (Å²) in [5.41, 5.74) is 0.915. The smallest absolute Gasteiger partial charge is 0.216 e. The monoisotopic (exact) mass is 270 g/mol. The van der Waals surface area contributed by atoms with Crippen LogP contribution in [0.2, 0.25) is 0 Å². The van der Waals surface area contributed by atoms with Gasteiger partial charge in [-0.15, -0.1) is 0 Å². The summed E-state index contributed by atoms with van der Waals surface area (Å²) in [6.45, 7) is 0. The zero-order valence-electron chi connectivity index (χ0n) is 10.4. The molecule has 0 fully saturated rings. The number of hydrogen-bond donors (Lipinski definition) is 0. The number of ether oxygens (including phenoxy) is 1. The van der Waals surface area contributed by atoms with Crippen molar-refractivity contribution >= 4 is 24.3 Å². The Labute approximate surface area is 116 Å². The summed E-state index contributed by atoms with van der Waals surface area (Å²) >= 11 is 5.40. The Balaban J connectivity index is 2.00. The molecule has 0 amide bonds. The molecule has 3 aliphatic rings. The van der Waals surface area contributed by atoms with Gasteiger partial charge in [-0.2, -0.15) is 0 Å². The predicted molar refractivity (Wildman–Crippen MR) is 75.6 cm³/mol. The number of imidazole rings is 1. The molecule has 1 aromatic rings. The van der Waals surface area contributed by atoms with Gasteiger partial charge in [-0.05, 0) is 12.2 Å². The molecule has 0 N–H and O–H groups in total. The summed E-state index contributed by atoms with van der Waals surface area (Å²) < 4.78 is 7.39. The van der Waals surface area contributed by atoms with E-state index in [1.54, 1.807) is 13.3 Å². The Morgan fingerprint density at radius 2 is 2.32 bits per heavy atom. The van der Waals surface area contributed by atoms with Gasteiger partial charge < -0.3 is 9.64 Å². The van der Waals surface area contributed by atoms with Crippen LogP contribution in [-0.4, -0.2) is 22.2 Å². The van der Waals surface area contributed by atoms with Gasteiger partial charge in [0, 0.05) is 18.7 Å². The summed E-state index contributed by atoms with van der Waals surface area (Å²) in [5.74, 6) is 1.75. The lowest BCUT2D eigenvalue weighted by molar-refractivity contribution is 0.302. The van der Waals surface area contributed by atoms with Gasteiger partial charge in [0.05, 0.1) is 19.0 Å². The lowest BCUT2D eigenvalue weighted by atomic mass is 9.85. The molecule has 3 heterocycles. The lowest BCUT2D eigenvalue weighted by Crippen LogP contribution is -2.43. The molecule has 1 spiro atoms. The molecule has 1 atom stereocenters. The summed E-state index contributed by atoms with van der Waals surface area (Å²) in [4.78, 5) is 6.62. The zero-order valence-corrected chi connectivity index (χ0v) is 11.2. The molecule has 1 aromatic heterocycles. The van der Waals surface area contributed by atoms with Crippen molar-refractivity contribution in [2.45, 2.75) is 17.0 Å². The van der Waals surface area contributed by atoms with Crippen LogP contribution in [-0.2, 0) is 4.74 Å². The van der Waals surface area contributed by atoms with Crippen LogP contribution in [0.3, 0.4) is 0 Å². The van der Waals surface area contributed by atoms with E-state index in [-0.39, 0.29) is 5.54 Å². The quantitative estimate of drug-likeness (QED) is 0.786. The Bertz CT molecular complexity index is 683. The van der Waals surface area contributed by atoms with E-state index < -0.39 is 0 Å². The number of rotatable bonds is 1. The molecule has 0 saturated heterocycles. The maximum absolute atomic E-state index is 5.40. The van der Waals surface area contributed by atoms with Crippen molar-refractivity contribution in [3.63, 3.8) is 0 Å². The molecule has 1 aliphatic carbocycles. The summed E-state index contributed by atoms with van der Waals surface area (Å²) in [6.07, 6.45) is 15.1. The van der Waals surface area contributed by atoms with Crippen LogP contribution in [0.1, 0.15) is 6.42 Å². The molecule has 4 nitrogen and oxygen atoms in total. The van der Waals surface area contributed by atoms with E-state index in [2.05, 4.69) is 34.3 Å². The van der Waals surface area contributed by atoms with Crippen LogP contribution < -0.4 is 4.90 Å². The number of anilines is 1. The molecular formula is C14H12N3OS. The second-order valence-corrected chi connectivity index (χ2v) is 5.19. The second kappa shape index (κ2) is 3.51. The highest BCUT2D eigenvalue weighted by molar-refractivity contribution is 7.80. The third kappa shape index (κ3) is 1.20. The minimum atomic E-state index is -0.200. The molecule has 0 bridgehead atoms. The summed E-state index contributed by atoms with van der Waals surface area (Å²) in [7, 11) is 1.69. The van der Waals surface area contributed by atoms with Crippen LogP contribution >= 0.6 is 12.6 Å². The number of methoxy groups -OCH3 is 1. The van der Waals surface area contributed by atoms with Crippen molar-refractivity contribution in [2.75, 3.05) is 12.0 Å². The largest absolute Gasteiger partial charge is 0.497 e. The van der Waals surface area contributed by atoms with E-state index >= 15 is 0 Å². The maximum atomic E-state index is 5.40. The third-order valence-corrected chi connectivity index (χ3v) is 4.18. The Morgan fingerprint density at radius 3 is 3.16 bits per heavy atom. The first-order valence-corrected chi connectivity index (χ1v) is 6.54. The van der Waals surface area contributed by atoms with E-state index in [1.807, 2.05) is 16.7 Å². The van der Waals surface area contributed by atoms with Gasteiger partial charge in [-0.3, -0.25) is 4.57 Å². The molecule has 0 saturated carbocycles. The van der Waals surface area contributed by atoms with Crippen LogP contribution in [0.4, 0.5) is 5.95 Å². The van der Waals surface area contributed by atoms with Gasteiger partial charge in [-0.1, -0.05) is 24.8 Å². The van der Waals surface area contributed by atoms with Crippen molar-refractivity contribution in [2.24, 2.45) is 0 Å². The number of hydrogen-bond acceptors (Lipinski definition) is 3. The van der Waals surface area contributed by atoms with E-state index in [4.69, 9.17) is 17.4 Å². The van der Waals surface area contributed by atoms with Gasteiger partial charge in [0.2, 0.25) is 5.95 Å². The standard InChI is InChI=1S/C14H12N3OS/c1-18-10-4-6-14-5-2-3-7-16(14)13-15-9-12(19)17(13)11(14)8-10/h2-5,7-9H,6H2,1H3. The highest BCUT2D eigenvalue weighted by atomic mass is 32.1. The van der Waals surface area contributed by atoms with Gasteiger partial charge in [-0.25, -0.2) is 4.98 Å². The van der Waals surface area contributed by atoms with Crippen molar-refractivity contribution in [1.82, 2.24) is 9.55 Å². The number of allylic oxidation sites excluding steroid dienone is 3. The lowest BCUT2D eigenvalue weighted by Gasteiger charge is -2.37. The molecule has 5 heteroatoms. The van der Waals surface area contributed by atoms with Gasteiger partial charge in [0.15, 0.2) is 0 Å². The number of fused-ring (bicyclic) bond motifs is 3. The fraction of sp³-hybridized carbons (Fsp3) is 0.214. The predicted octanol–water partition coefficient (Wildman–Crippen LogP) is 2.86. The molecule has 1 radical (unpaired) electrons. The molecule has 1 unspecified atom stereocenters. The fourth-order valence-corrected chi connectivity index (χ4v) is 3.22. The Morgan fingerprint density at radius 1 is 1.42 bits per heavy atom. The molecular weight excluding hydrogens is 258 g/mol. The van der Waals surface area contributed by atoms with Crippen LogP contribution in [0.5, 0.6) is 0 Å². The van der Waals surface area contributed by atoms with E-state index in [0.717, 1.165) is 28.9 Å². The molecule has 0 aromatic carbocycles. The average Bonchev–Trinajstić information content (AvgIpc) is 2.94. The van der Waals surface area contributed by atoms with Crippen molar-refractivity contribution in [3.8, 4) is 0 Å². The molecule has 95 valence electrons. The first kappa shape index (κ1) is 10.9. The summed E-state index contributed by atoms with van der Waals surface area (Å²) in [5, 5.41) is 0.731. The normalized spacial score (nSPS) is 26.5. The second-order valence-electron chi connectivity index (χ2n) is 4.77. The van der Waals surface area contributed by atoms with Gasteiger partial charge in [0.1, 0.15) is 16.3 Å². The van der Waals surface area contributed by atoms with Crippen molar-refractivity contribution < 1.29 is 4.74 Å². The van der Waals surface area contributed by atoms with Crippen LogP contribution in [0.25, 0.3) is 5.70 Å². The average molecular weight is 270 g/mol. The van der Waals surface area contributed by atoms with E-state index in [9.17, 15) is 0 Å². The first-order chi connectivity index (χ1) is 9.26. The van der Waals surface area contributed by atoms with Crippen molar-refractivity contribution in [3.05, 3.63) is 48.5 Å². The Hall–Kier alpha value is -2.01. The highest BCUT2D eigenvalue weighted by Gasteiger charge is 2.49. The van der Waals surface area contributed by atoms with Crippen LogP contribution in [0, 0.1) is 0 Å². The maximum Gasteiger partial charge on any atom is 0.216 e. The minimum Gasteiger partial charge on any atom is -0.497 e. The van der Waals surface area contributed by atoms with Crippen LogP contribution in [0.15, 0.2) is 53.6 Å². The molecule has 19 heavy (non-hydrogen) atoms. The number of nitrogens with zero attached hydrogens (tertiary/aromatic N) is 3. The zero-order chi connectivity index (χ0) is 13.0. The SMILES string of the molecule is COC1=CCC23C=CC=CN2c2ncc([S])n2C3=C1. The third-order valence-electron chi connectivity index (χ3n) is 3.89. The molecule has 2 aliphatic heterocycles. The van der Waals surface area contributed by atoms with E-state index in [1.165, 1.54) is 0 Å². The van der Waals surface area contributed by atoms with Crippen molar-refractivity contribution in [1.29, 1.82) is 0 Å². The highest BCUT2D eigenvalue weighted by Crippen LogP contribution is 2.49.